The summed E-state index contributed by atoms with van der Waals surface area (Å²) in [6.45, 7) is 3.35. The Morgan fingerprint density at radius 3 is 2.89 bits per heavy atom. The molecule has 0 saturated carbocycles. The fraction of sp³-hybridized carbons (Fsp3) is 0.0769. The fourth-order valence-corrected chi connectivity index (χ4v) is 1.60. The van der Waals surface area contributed by atoms with Gasteiger partial charge in [0.25, 0.3) is 0 Å². The Kier molecular flexibility index (Phi) is 3.23. The Morgan fingerprint density at radius 1 is 1.44 bits per heavy atom. The summed E-state index contributed by atoms with van der Waals surface area (Å²) < 4.78 is 18.4. The smallest absolute Gasteiger partial charge is 0.344 e. The third-order valence-electron chi connectivity index (χ3n) is 2.42. The molecule has 0 bridgehead atoms. The number of esters is 1. The molecule has 0 aliphatic carbocycles. The standard InChI is InChI=1S/C13H10FNO3/c1-2-7-18-13(17)10-8-15(14)11-6-4-3-5-9(11)12(10)16/h2-6,8H,1,7H2. The number of ether oxygens (including phenoxy) is 1. The maximum Gasteiger partial charge on any atom is 0.344 e. The molecule has 1 aromatic heterocycles. The van der Waals surface area contributed by atoms with E-state index in [1.807, 2.05) is 0 Å². The number of hydrogen-bond donors (Lipinski definition) is 0. The van der Waals surface area contributed by atoms with Crippen molar-refractivity contribution in [3.8, 4) is 0 Å². The van der Waals surface area contributed by atoms with Crippen molar-refractivity contribution < 1.29 is 14.0 Å². The van der Waals surface area contributed by atoms with Crippen molar-refractivity contribution in [2.45, 2.75) is 0 Å². The van der Waals surface area contributed by atoms with Crippen molar-refractivity contribution in [1.82, 2.24) is 4.79 Å². The van der Waals surface area contributed by atoms with Gasteiger partial charge in [0.1, 0.15) is 12.2 Å². The van der Waals surface area contributed by atoms with Gasteiger partial charge in [-0.2, -0.15) is 4.79 Å². The van der Waals surface area contributed by atoms with E-state index in [4.69, 9.17) is 4.74 Å². The molecule has 0 atom stereocenters. The number of carbonyl (C=O) groups is 1. The second-order valence-corrected chi connectivity index (χ2v) is 3.59. The maximum atomic E-state index is 13.7. The first-order chi connectivity index (χ1) is 8.65. The van der Waals surface area contributed by atoms with Gasteiger partial charge in [-0.05, 0) is 12.1 Å². The van der Waals surface area contributed by atoms with Crippen LogP contribution in [-0.4, -0.2) is 17.4 Å². The molecule has 0 saturated heterocycles. The lowest BCUT2D eigenvalue weighted by Gasteiger charge is -2.05. The van der Waals surface area contributed by atoms with E-state index >= 15 is 0 Å². The number of aromatic nitrogens is 1. The molecule has 5 heteroatoms. The van der Waals surface area contributed by atoms with Crippen molar-refractivity contribution in [3.63, 3.8) is 0 Å². The van der Waals surface area contributed by atoms with E-state index in [2.05, 4.69) is 6.58 Å². The van der Waals surface area contributed by atoms with E-state index < -0.39 is 11.4 Å². The van der Waals surface area contributed by atoms with Crippen LogP contribution < -0.4 is 5.43 Å². The number of nitrogens with zero attached hydrogens (tertiary/aromatic N) is 1. The Balaban J connectivity index is 2.60. The van der Waals surface area contributed by atoms with Gasteiger partial charge in [0.15, 0.2) is 0 Å². The van der Waals surface area contributed by atoms with Crippen LogP contribution in [0.2, 0.25) is 0 Å². The molecule has 18 heavy (non-hydrogen) atoms. The summed E-state index contributed by atoms with van der Waals surface area (Å²) in [6, 6.07) is 6.11. The Hall–Kier alpha value is -2.43. The topological polar surface area (TPSA) is 48.3 Å². The molecule has 0 fully saturated rings. The number of benzene rings is 1. The Morgan fingerprint density at radius 2 is 2.17 bits per heavy atom. The summed E-state index contributed by atoms with van der Waals surface area (Å²) in [7, 11) is 0. The monoisotopic (exact) mass is 247 g/mol. The van der Waals surface area contributed by atoms with Crippen LogP contribution in [0.15, 0.2) is 47.9 Å². The lowest BCUT2D eigenvalue weighted by molar-refractivity contribution is 0.0546. The largest absolute Gasteiger partial charge is 0.458 e. The molecular formula is C13H10FNO3. The van der Waals surface area contributed by atoms with Crippen LogP contribution in [0.25, 0.3) is 10.9 Å². The molecule has 0 aliphatic heterocycles. The van der Waals surface area contributed by atoms with Crippen molar-refractivity contribution in [3.05, 3.63) is 58.9 Å². The van der Waals surface area contributed by atoms with Gasteiger partial charge < -0.3 is 4.74 Å². The first kappa shape index (κ1) is 12.0. The van der Waals surface area contributed by atoms with Crippen molar-refractivity contribution in [2.24, 2.45) is 0 Å². The first-order valence-electron chi connectivity index (χ1n) is 5.23. The minimum atomic E-state index is -0.864. The summed E-state index contributed by atoms with van der Waals surface area (Å²) in [5.41, 5.74) is -0.769. The van der Waals surface area contributed by atoms with Crippen LogP contribution in [0.3, 0.4) is 0 Å². The lowest BCUT2D eigenvalue weighted by atomic mass is 10.1. The molecule has 0 N–H and O–H groups in total. The van der Waals surface area contributed by atoms with E-state index in [1.54, 1.807) is 12.1 Å². The maximum absolute atomic E-state index is 13.7. The molecule has 2 aromatic rings. The highest BCUT2D eigenvalue weighted by molar-refractivity contribution is 5.93. The SMILES string of the molecule is C=CCOC(=O)c1cn(F)c2ccccc2c1=O. The van der Waals surface area contributed by atoms with Gasteiger partial charge in [-0.25, -0.2) is 4.79 Å². The van der Waals surface area contributed by atoms with E-state index in [0.29, 0.717) is 0 Å². The van der Waals surface area contributed by atoms with Crippen LogP contribution in [0.4, 0.5) is 4.48 Å². The molecule has 0 spiro atoms. The third kappa shape index (κ3) is 2.02. The number of carbonyl (C=O) groups excluding carboxylic acids is 1. The first-order valence-corrected chi connectivity index (χ1v) is 5.23. The van der Waals surface area contributed by atoms with Gasteiger partial charge in [0.05, 0.1) is 11.7 Å². The van der Waals surface area contributed by atoms with Gasteiger partial charge in [0, 0.05) is 5.39 Å². The summed E-state index contributed by atoms with van der Waals surface area (Å²) in [6.07, 6.45) is 2.20. The second kappa shape index (κ2) is 4.83. The molecule has 0 radical (unpaired) electrons. The molecule has 4 nitrogen and oxygen atoms in total. The molecule has 1 heterocycles. The zero-order chi connectivity index (χ0) is 13.1. The van der Waals surface area contributed by atoms with E-state index in [-0.39, 0.29) is 27.9 Å². The number of pyridine rings is 1. The van der Waals surface area contributed by atoms with Gasteiger partial charge in [-0.1, -0.05) is 29.3 Å². The minimum Gasteiger partial charge on any atom is -0.458 e. The average Bonchev–Trinajstić information content (AvgIpc) is 2.40. The van der Waals surface area contributed by atoms with E-state index in [0.717, 1.165) is 6.20 Å². The summed E-state index contributed by atoms with van der Waals surface area (Å²) >= 11 is 0. The van der Waals surface area contributed by atoms with Gasteiger partial charge >= 0.3 is 5.97 Å². The van der Waals surface area contributed by atoms with Crippen LogP contribution >= 0.6 is 0 Å². The quantitative estimate of drug-likeness (QED) is 0.616. The highest BCUT2D eigenvalue weighted by Crippen LogP contribution is 2.12. The zero-order valence-electron chi connectivity index (χ0n) is 9.43. The van der Waals surface area contributed by atoms with Crippen LogP contribution in [-0.2, 0) is 4.74 Å². The number of hydrogen-bond acceptors (Lipinski definition) is 3. The third-order valence-corrected chi connectivity index (χ3v) is 2.42. The second-order valence-electron chi connectivity index (χ2n) is 3.59. The van der Waals surface area contributed by atoms with Crippen LogP contribution in [0.5, 0.6) is 0 Å². The van der Waals surface area contributed by atoms with Gasteiger partial charge in [-0.3, -0.25) is 4.79 Å². The number of fused-ring (bicyclic) bond motifs is 1. The highest BCUT2D eigenvalue weighted by Gasteiger charge is 2.16. The average molecular weight is 247 g/mol. The fourth-order valence-electron chi connectivity index (χ4n) is 1.60. The van der Waals surface area contributed by atoms with Crippen molar-refractivity contribution in [2.75, 3.05) is 6.61 Å². The lowest BCUT2D eigenvalue weighted by Crippen LogP contribution is -2.19. The van der Waals surface area contributed by atoms with E-state index in [1.165, 1.54) is 18.2 Å². The Bertz CT molecular complexity index is 675. The van der Waals surface area contributed by atoms with Gasteiger partial charge in [-0.15, -0.1) is 0 Å². The molecule has 0 amide bonds. The molecular weight excluding hydrogens is 237 g/mol. The number of halogens is 1. The predicted molar refractivity (Wildman–Crippen MR) is 65.2 cm³/mol. The Labute approximate surface area is 102 Å². The molecule has 0 unspecified atom stereocenters. The van der Waals surface area contributed by atoms with Crippen LogP contribution in [0, 0.1) is 0 Å². The van der Waals surface area contributed by atoms with Crippen molar-refractivity contribution in [1.29, 1.82) is 0 Å². The summed E-state index contributed by atoms with van der Waals surface area (Å²) in [5, 5.41) is 0.132. The molecule has 1 aromatic carbocycles. The summed E-state index contributed by atoms with van der Waals surface area (Å²) in [5.74, 6) is -0.864. The normalized spacial score (nSPS) is 10.3. The molecule has 0 aliphatic rings. The zero-order valence-corrected chi connectivity index (χ0v) is 9.43. The van der Waals surface area contributed by atoms with Crippen LogP contribution in [0.1, 0.15) is 10.4 Å². The number of para-hydroxylation sites is 1. The number of rotatable bonds is 3. The van der Waals surface area contributed by atoms with Crippen molar-refractivity contribution >= 4 is 16.9 Å². The predicted octanol–water partition coefficient (Wildman–Crippen LogP) is 2.08. The minimum absolute atomic E-state index is 0.0304. The summed E-state index contributed by atoms with van der Waals surface area (Å²) in [4.78, 5) is 23.8. The highest BCUT2D eigenvalue weighted by atomic mass is 19.2. The van der Waals surface area contributed by atoms with Gasteiger partial charge in [0.2, 0.25) is 5.43 Å². The molecule has 92 valence electrons. The van der Waals surface area contributed by atoms with E-state index in [9.17, 15) is 14.1 Å². The molecule has 2 rings (SSSR count).